The first-order chi connectivity index (χ1) is 10.7. The molecule has 0 amide bonds. The first-order valence-corrected chi connectivity index (χ1v) is 8.12. The van der Waals surface area contributed by atoms with Crippen molar-refractivity contribution in [3.05, 3.63) is 64.8 Å². The molecule has 0 radical (unpaired) electrons. The fraction of sp³-hybridized carbons (Fsp3) is 0.381. The van der Waals surface area contributed by atoms with Crippen LogP contribution in [0.15, 0.2) is 48.1 Å². The summed E-state index contributed by atoms with van der Waals surface area (Å²) in [7, 11) is 0. The molecule has 0 aromatic heterocycles. The molecule has 0 unspecified atom stereocenters. The van der Waals surface area contributed by atoms with Crippen molar-refractivity contribution in [2.75, 3.05) is 0 Å². The molecular weight excluding hydrogens is 284 g/mol. The summed E-state index contributed by atoms with van der Waals surface area (Å²) in [6.45, 7) is 12.7. The molecule has 0 saturated heterocycles. The van der Waals surface area contributed by atoms with Gasteiger partial charge in [0.1, 0.15) is 0 Å². The number of carboxylic acids is 1. The van der Waals surface area contributed by atoms with Crippen LogP contribution in [-0.4, -0.2) is 11.1 Å². The maximum absolute atomic E-state index is 10.6. The summed E-state index contributed by atoms with van der Waals surface area (Å²) < 4.78 is 0. The Bertz CT molecular complexity index is 618. The molecule has 0 aliphatic carbocycles. The monoisotopic (exact) mass is 312 g/mol. The SMILES string of the molecule is CC(C=CC=C(C)c1cc(C(C)C)cc(C(C)C)c1)=CC(=O)O. The van der Waals surface area contributed by atoms with Gasteiger partial charge in [-0.3, -0.25) is 0 Å². The van der Waals surface area contributed by atoms with Crippen molar-refractivity contribution < 1.29 is 9.90 Å². The molecular formula is C21H28O2. The van der Waals surface area contributed by atoms with Crippen molar-refractivity contribution in [3.8, 4) is 0 Å². The maximum atomic E-state index is 10.6. The number of carboxylic acid groups (broad SMARTS) is 1. The molecule has 0 bridgehead atoms. The Morgan fingerprint density at radius 2 is 1.52 bits per heavy atom. The Kier molecular flexibility index (Phi) is 7.02. The molecule has 0 aliphatic rings. The van der Waals surface area contributed by atoms with Gasteiger partial charge in [-0.1, -0.05) is 64.1 Å². The summed E-state index contributed by atoms with van der Waals surface area (Å²) in [4.78, 5) is 10.6. The van der Waals surface area contributed by atoms with Crippen LogP contribution >= 0.6 is 0 Å². The van der Waals surface area contributed by atoms with E-state index in [1.807, 2.05) is 18.2 Å². The van der Waals surface area contributed by atoms with Gasteiger partial charge in [0.15, 0.2) is 0 Å². The summed E-state index contributed by atoms with van der Waals surface area (Å²) in [6, 6.07) is 6.79. The molecule has 0 atom stereocenters. The van der Waals surface area contributed by atoms with Crippen LogP contribution in [0.5, 0.6) is 0 Å². The Morgan fingerprint density at radius 3 is 1.96 bits per heavy atom. The fourth-order valence-corrected chi connectivity index (χ4v) is 2.25. The van der Waals surface area contributed by atoms with Gasteiger partial charge in [0, 0.05) is 6.08 Å². The zero-order chi connectivity index (χ0) is 17.6. The van der Waals surface area contributed by atoms with Gasteiger partial charge in [-0.15, -0.1) is 0 Å². The lowest BCUT2D eigenvalue weighted by Gasteiger charge is -2.14. The largest absolute Gasteiger partial charge is 0.478 e. The van der Waals surface area contributed by atoms with E-state index < -0.39 is 5.97 Å². The van der Waals surface area contributed by atoms with Gasteiger partial charge in [0.05, 0.1) is 0 Å². The van der Waals surface area contributed by atoms with Crippen LogP contribution in [-0.2, 0) is 4.79 Å². The molecule has 0 heterocycles. The number of rotatable bonds is 6. The third kappa shape index (κ3) is 6.27. The van der Waals surface area contributed by atoms with Crippen molar-refractivity contribution in [3.63, 3.8) is 0 Å². The predicted molar refractivity (Wildman–Crippen MR) is 98.8 cm³/mol. The van der Waals surface area contributed by atoms with E-state index in [0.717, 1.165) is 5.57 Å². The molecule has 23 heavy (non-hydrogen) atoms. The van der Waals surface area contributed by atoms with Gasteiger partial charge in [0.2, 0.25) is 0 Å². The van der Waals surface area contributed by atoms with Crippen LogP contribution in [0.2, 0.25) is 0 Å². The Hall–Kier alpha value is -2.09. The molecule has 0 saturated carbocycles. The molecule has 1 aromatic rings. The van der Waals surface area contributed by atoms with E-state index in [2.05, 4.69) is 52.8 Å². The number of allylic oxidation sites excluding steroid dienone is 5. The highest BCUT2D eigenvalue weighted by atomic mass is 16.4. The average molecular weight is 312 g/mol. The van der Waals surface area contributed by atoms with Crippen LogP contribution in [0.4, 0.5) is 0 Å². The molecule has 2 heteroatoms. The van der Waals surface area contributed by atoms with E-state index in [1.54, 1.807) is 6.92 Å². The third-order valence-electron chi connectivity index (χ3n) is 3.82. The smallest absolute Gasteiger partial charge is 0.328 e. The molecule has 0 aliphatic heterocycles. The zero-order valence-corrected chi connectivity index (χ0v) is 15.1. The highest BCUT2D eigenvalue weighted by Gasteiger charge is 2.07. The lowest BCUT2D eigenvalue weighted by atomic mass is 9.91. The second-order valence-electron chi connectivity index (χ2n) is 6.63. The van der Waals surface area contributed by atoms with Gasteiger partial charge < -0.3 is 5.11 Å². The minimum atomic E-state index is -0.918. The molecule has 0 spiro atoms. The van der Waals surface area contributed by atoms with E-state index in [-0.39, 0.29) is 0 Å². The van der Waals surface area contributed by atoms with Gasteiger partial charge in [-0.2, -0.15) is 0 Å². The van der Waals surface area contributed by atoms with Crippen molar-refractivity contribution in [1.82, 2.24) is 0 Å². The van der Waals surface area contributed by atoms with E-state index in [0.29, 0.717) is 11.8 Å². The van der Waals surface area contributed by atoms with Crippen LogP contribution in [0, 0.1) is 0 Å². The van der Waals surface area contributed by atoms with E-state index in [1.165, 1.54) is 28.3 Å². The Balaban J connectivity index is 3.11. The summed E-state index contributed by atoms with van der Waals surface area (Å²) >= 11 is 0. The zero-order valence-electron chi connectivity index (χ0n) is 15.1. The van der Waals surface area contributed by atoms with Crippen molar-refractivity contribution in [2.24, 2.45) is 0 Å². The second-order valence-corrected chi connectivity index (χ2v) is 6.63. The summed E-state index contributed by atoms with van der Waals surface area (Å²) in [5.41, 5.74) is 5.83. The standard InChI is InChI=1S/C21H28O2/c1-14(2)18-11-19(15(3)4)13-20(12-18)17(6)9-7-8-16(5)10-21(22)23/h7-15H,1-6H3,(H,22,23). The Labute approximate surface area is 140 Å². The minimum absolute atomic E-state index is 0.497. The maximum Gasteiger partial charge on any atom is 0.328 e. The third-order valence-corrected chi connectivity index (χ3v) is 3.82. The normalized spacial score (nSPS) is 13.4. The number of aliphatic carboxylic acids is 1. The van der Waals surface area contributed by atoms with Crippen LogP contribution in [0.3, 0.4) is 0 Å². The number of hydrogen-bond acceptors (Lipinski definition) is 1. The van der Waals surface area contributed by atoms with Gasteiger partial charge in [-0.25, -0.2) is 4.79 Å². The van der Waals surface area contributed by atoms with Gasteiger partial charge >= 0.3 is 5.97 Å². The van der Waals surface area contributed by atoms with Crippen molar-refractivity contribution in [1.29, 1.82) is 0 Å². The lowest BCUT2D eigenvalue weighted by molar-refractivity contribution is -0.131. The predicted octanol–water partition coefficient (Wildman–Crippen LogP) is 5.92. The van der Waals surface area contributed by atoms with Crippen LogP contribution in [0.1, 0.15) is 70.1 Å². The summed E-state index contributed by atoms with van der Waals surface area (Å²) in [6.07, 6.45) is 6.95. The number of carbonyl (C=O) groups is 1. The topological polar surface area (TPSA) is 37.3 Å². The average Bonchev–Trinajstić information content (AvgIpc) is 2.45. The minimum Gasteiger partial charge on any atom is -0.478 e. The summed E-state index contributed by atoms with van der Waals surface area (Å²) in [5.74, 6) is 0.0761. The molecule has 2 nitrogen and oxygen atoms in total. The number of hydrogen-bond donors (Lipinski definition) is 1. The van der Waals surface area contributed by atoms with Crippen LogP contribution in [0.25, 0.3) is 5.57 Å². The van der Waals surface area contributed by atoms with E-state index in [9.17, 15) is 4.79 Å². The van der Waals surface area contributed by atoms with E-state index in [4.69, 9.17) is 5.11 Å². The van der Waals surface area contributed by atoms with Crippen molar-refractivity contribution >= 4 is 11.5 Å². The summed E-state index contributed by atoms with van der Waals surface area (Å²) in [5, 5.41) is 8.71. The molecule has 124 valence electrons. The second kappa shape index (κ2) is 8.52. The van der Waals surface area contributed by atoms with E-state index >= 15 is 0 Å². The first kappa shape index (κ1) is 19.0. The van der Waals surface area contributed by atoms with Gasteiger partial charge in [0.25, 0.3) is 0 Å². The van der Waals surface area contributed by atoms with Crippen LogP contribution < -0.4 is 0 Å². The lowest BCUT2D eigenvalue weighted by Crippen LogP contribution is -1.96. The molecule has 1 aromatic carbocycles. The Morgan fingerprint density at radius 1 is 1.00 bits per heavy atom. The molecule has 1 rings (SSSR count). The first-order valence-electron chi connectivity index (χ1n) is 8.12. The number of benzene rings is 1. The van der Waals surface area contributed by atoms with Crippen molar-refractivity contribution in [2.45, 2.75) is 53.4 Å². The molecule has 0 fully saturated rings. The quantitative estimate of drug-likeness (QED) is 0.522. The molecule has 1 N–H and O–H groups in total. The highest BCUT2D eigenvalue weighted by Crippen LogP contribution is 2.26. The highest BCUT2D eigenvalue weighted by molar-refractivity contribution is 5.81. The van der Waals surface area contributed by atoms with Gasteiger partial charge in [-0.05, 0) is 53.5 Å². The fourth-order valence-electron chi connectivity index (χ4n) is 2.25.